The molecule has 1 heterocycles. The highest BCUT2D eigenvalue weighted by Gasteiger charge is 2.22. The number of hydrogen-bond acceptors (Lipinski definition) is 5. The molecule has 0 radical (unpaired) electrons. The first kappa shape index (κ1) is 20.0. The van der Waals surface area contributed by atoms with Crippen LogP contribution in [0, 0.1) is 0 Å². The van der Waals surface area contributed by atoms with Crippen molar-refractivity contribution in [3.8, 4) is 11.5 Å². The summed E-state index contributed by atoms with van der Waals surface area (Å²) >= 11 is 0. The Morgan fingerprint density at radius 3 is 2.55 bits per heavy atom. The van der Waals surface area contributed by atoms with Gasteiger partial charge < -0.3 is 31.2 Å². The summed E-state index contributed by atoms with van der Waals surface area (Å²) in [7, 11) is 0. The lowest BCUT2D eigenvalue weighted by atomic mass is 10.1. The summed E-state index contributed by atoms with van der Waals surface area (Å²) in [6.45, 7) is 0.237. The van der Waals surface area contributed by atoms with Crippen molar-refractivity contribution in [3.63, 3.8) is 0 Å². The van der Waals surface area contributed by atoms with Gasteiger partial charge in [-0.15, -0.1) is 0 Å². The number of fused-ring (bicyclic) bond motifs is 1. The second-order valence-electron chi connectivity index (χ2n) is 6.42. The topological polar surface area (TPSA) is 132 Å². The number of nitrogens with one attached hydrogen (secondary N) is 3. The number of benzene rings is 2. The average Bonchev–Trinajstić information content (AvgIpc) is 3.15. The number of urea groups is 1. The number of nitrogens with two attached hydrogens (primary N) is 1. The summed E-state index contributed by atoms with van der Waals surface area (Å²) in [5.41, 5.74) is 6.47. The fourth-order valence-electron chi connectivity index (χ4n) is 2.79. The van der Waals surface area contributed by atoms with Gasteiger partial charge in [0.25, 0.3) is 0 Å². The molecule has 9 nitrogen and oxygen atoms in total. The first-order valence-electron chi connectivity index (χ1n) is 9.08. The van der Waals surface area contributed by atoms with Gasteiger partial charge in [0.15, 0.2) is 11.5 Å². The van der Waals surface area contributed by atoms with E-state index >= 15 is 0 Å². The minimum absolute atomic E-state index is 0.0210. The molecule has 0 spiro atoms. The molecule has 1 atom stereocenters. The Balaban J connectivity index is 1.63. The lowest BCUT2D eigenvalue weighted by Crippen LogP contribution is -2.49. The highest BCUT2D eigenvalue weighted by atomic mass is 16.7. The number of carbonyl (C=O) groups excluding carboxylic acids is 3. The van der Waals surface area contributed by atoms with Crippen LogP contribution in [0.2, 0.25) is 0 Å². The van der Waals surface area contributed by atoms with Crippen molar-refractivity contribution in [1.29, 1.82) is 0 Å². The maximum absolute atomic E-state index is 12.5. The zero-order valence-electron chi connectivity index (χ0n) is 15.6. The van der Waals surface area contributed by atoms with E-state index in [0.29, 0.717) is 17.2 Å². The van der Waals surface area contributed by atoms with Crippen LogP contribution in [-0.4, -0.2) is 37.2 Å². The van der Waals surface area contributed by atoms with Gasteiger partial charge in [-0.1, -0.05) is 30.3 Å². The van der Waals surface area contributed by atoms with Crippen LogP contribution >= 0.6 is 0 Å². The van der Waals surface area contributed by atoms with Crippen molar-refractivity contribution < 1.29 is 23.9 Å². The number of ether oxygens (including phenoxy) is 2. The van der Waals surface area contributed by atoms with E-state index in [-0.39, 0.29) is 26.2 Å². The molecule has 0 fully saturated rings. The van der Waals surface area contributed by atoms with Gasteiger partial charge in [0.05, 0.1) is 0 Å². The van der Waals surface area contributed by atoms with E-state index in [0.717, 1.165) is 5.56 Å². The second-order valence-corrected chi connectivity index (χ2v) is 6.42. The molecule has 5 N–H and O–H groups in total. The molecule has 2 aromatic rings. The lowest BCUT2D eigenvalue weighted by Gasteiger charge is -2.19. The van der Waals surface area contributed by atoms with Gasteiger partial charge in [-0.05, 0) is 17.7 Å². The van der Waals surface area contributed by atoms with E-state index < -0.39 is 23.9 Å². The molecule has 3 rings (SSSR count). The molecule has 0 unspecified atom stereocenters. The van der Waals surface area contributed by atoms with Gasteiger partial charge >= 0.3 is 6.03 Å². The molecule has 0 bridgehead atoms. The monoisotopic (exact) mass is 398 g/mol. The molecule has 0 saturated carbocycles. The number of amides is 4. The largest absolute Gasteiger partial charge is 0.454 e. The Bertz CT molecular complexity index is 888. The van der Waals surface area contributed by atoms with Crippen molar-refractivity contribution in [1.82, 2.24) is 10.6 Å². The van der Waals surface area contributed by atoms with Gasteiger partial charge in [-0.3, -0.25) is 9.59 Å². The molecular formula is C20H22N4O5. The maximum Gasteiger partial charge on any atom is 0.319 e. The number of hydrogen-bond donors (Lipinski definition) is 4. The normalized spacial score (nSPS) is 12.7. The lowest BCUT2D eigenvalue weighted by molar-refractivity contribution is -0.123. The average molecular weight is 398 g/mol. The molecule has 9 heteroatoms. The van der Waals surface area contributed by atoms with Crippen molar-refractivity contribution in [2.75, 3.05) is 18.7 Å². The summed E-state index contributed by atoms with van der Waals surface area (Å²) in [6, 6.07) is 12.9. The summed E-state index contributed by atoms with van der Waals surface area (Å²) < 4.78 is 10.5. The maximum atomic E-state index is 12.5. The molecule has 0 saturated heterocycles. The molecule has 152 valence electrons. The molecule has 4 amide bonds. The third-order valence-corrected chi connectivity index (χ3v) is 4.21. The van der Waals surface area contributed by atoms with Gasteiger partial charge in [-0.25, -0.2) is 4.79 Å². The van der Waals surface area contributed by atoms with E-state index in [1.807, 2.05) is 30.3 Å². The van der Waals surface area contributed by atoms with Crippen LogP contribution in [0.3, 0.4) is 0 Å². The number of rotatable bonds is 8. The third kappa shape index (κ3) is 5.86. The molecule has 0 aromatic heterocycles. The zero-order chi connectivity index (χ0) is 20.6. The van der Waals surface area contributed by atoms with Crippen molar-refractivity contribution >= 4 is 23.5 Å². The molecule has 1 aliphatic rings. The van der Waals surface area contributed by atoms with Gasteiger partial charge in [-0.2, -0.15) is 0 Å². The van der Waals surface area contributed by atoms with E-state index in [2.05, 4.69) is 16.0 Å². The Hall–Kier alpha value is -3.75. The standard InChI is InChI=1S/C20H22N4O5/c21-18(25)8-9-22-19(26)15(10-13-4-2-1-3-5-13)24-20(27)23-14-6-7-16-17(11-14)29-12-28-16/h1-7,11,15H,8-10,12H2,(H2,21,25)(H,22,26)(H2,23,24,27)/t15-/m1/s1. The van der Waals surface area contributed by atoms with Crippen LogP contribution in [0.4, 0.5) is 10.5 Å². The van der Waals surface area contributed by atoms with E-state index in [4.69, 9.17) is 15.2 Å². The number of anilines is 1. The Labute approximate surface area is 167 Å². The predicted molar refractivity (Wildman–Crippen MR) is 105 cm³/mol. The van der Waals surface area contributed by atoms with E-state index in [9.17, 15) is 14.4 Å². The van der Waals surface area contributed by atoms with Crippen LogP contribution in [-0.2, 0) is 16.0 Å². The quantitative estimate of drug-likeness (QED) is 0.529. The van der Waals surface area contributed by atoms with Crippen LogP contribution in [0.15, 0.2) is 48.5 Å². The highest BCUT2D eigenvalue weighted by molar-refractivity contribution is 5.94. The summed E-state index contributed by atoms with van der Waals surface area (Å²) in [5.74, 6) is 0.217. The van der Waals surface area contributed by atoms with Crippen molar-refractivity contribution in [2.45, 2.75) is 18.9 Å². The molecular weight excluding hydrogens is 376 g/mol. The van der Waals surface area contributed by atoms with Gasteiger partial charge in [0.1, 0.15) is 6.04 Å². The van der Waals surface area contributed by atoms with Crippen molar-refractivity contribution in [3.05, 3.63) is 54.1 Å². The van der Waals surface area contributed by atoms with Crippen LogP contribution in [0.1, 0.15) is 12.0 Å². The van der Waals surface area contributed by atoms with Crippen LogP contribution in [0.5, 0.6) is 11.5 Å². The minimum atomic E-state index is -0.834. The minimum Gasteiger partial charge on any atom is -0.454 e. The predicted octanol–water partition coefficient (Wildman–Crippen LogP) is 1.14. The third-order valence-electron chi connectivity index (χ3n) is 4.21. The zero-order valence-corrected chi connectivity index (χ0v) is 15.6. The first-order chi connectivity index (χ1) is 14.0. The Morgan fingerprint density at radius 1 is 1.03 bits per heavy atom. The summed E-state index contributed by atoms with van der Waals surface area (Å²) in [4.78, 5) is 35.9. The fraction of sp³-hybridized carbons (Fsp3) is 0.250. The Kier molecular flexibility index (Phi) is 6.51. The van der Waals surface area contributed by atoms with Crippen molar-refractivity contribution in [2.24, 2.45) is 5.73 Å². The van der Waals surface area contributed by atoms with Crippen LogP contribution < -0.4 is 31.2 Å². The fourth-order valence-corrected chi connectivity index (χ4v) is 2.79. The molecule has 2 aromatic carbocycles. The summed E-state index contributed by atoms with van der Waals surface area (Å²) in [6.07, 6.45) is 0.311. The Morgan fingerprint density at radius 2 is 1.79 bits per heavy atom. The van der Waals surface area contributed by atoms with Gasteiger partial charge in [0.2, 0.25) is 18.6 Å². The first-order valence-corrected chi connectivity index (χ1v) is 9.08. The molecule has 0 aliphatic carbocycles. The molecule has 29 heavy (non-hydrogen) atoms. The SMILES string of the molecule is NC(=O)CCNC(=O)[C@@H](Cc1ccccc1)NC(=O)Nc1ccc2c(c1)OCO2. The highest BCUT2D eigenvalue weighted by Crippen LogP contribution is 2.34. The van der Waals surface area contributed by atoms with Crippen LogP contribution in [0.25, 0.3) is 0 Å². The molecule has 1 aliphatic heterocycles. The smallest absolute Gasteiger partial charge is 0.319 e. The van der Waals surface area contributed by atoms with Gasteiger partial charge in [0, 0.05) is 31.1 Å². The number of carbonyl (C=O) groups is 3. The van der Waals surface area contributed by atoms with E-state index in [1.54, 1.807) is 18.2 Å². The summed E-state index contributed by atoms with van der Waals surface area (Å²) in [5, 5.41) is 7.97. The van der Waals surface area contributed by atoms with E-state index in [1.165, 1.54) is 0 Å². The number of primary amides is 1. The second kappa shape index (κ2) is 9.45.